The summed E-state index contributed by atoms with van der Waals surface area (Å²) >= 11 is 5.87. The van der Waals surface area contributed by atoms with Crippen LogP contribution in [0.5, 0.6) is 0 Å². The van der Waals surface area contributed by atoms with Crippen molar-refractivity contribution in [2.24, 2.45) is 5.73 Å². The zero-order valence-corrected chi connectivity index (χ0v) is 9.07. The van der Waals surface area contributed by atoms with Gasteiger partial charge in [-0.3, -0.25) is 0 Å². The van der Waals surface area contributed by atoms with Crippen LogP contribution in [0.1, 0.15) is 24.0 Å². The summed E-state index contributed by atoms with van der Waals surface area (Å²) in [4.78, 5) is 0. The van der Waals surface area contributed by atoms with Gasteiger partial charge in [-0.1, -0.05) is 23.7 Å². The van der Waals surface area contributed by atoms with Crippen molar-refractivity contribution in [2.75, 3.05) is 6.54 Å². The molecule has 0 aromatic heterocycles. The van der Waals surface area contributed by atoms with Crippen LogP contribution < -0.4 is 5.73 Å². The molecule has 14 heavy (non-hydrogen) atoms. The van der Waals surface area contributed by atoms with Gasteiger partial charge in [0.15, 0.2) is 0 Å². The number of unbranched alkanes of at least 4 members (excludes halogenated alkanes) is 1. The summed E-state index contributed by atoms with van der Waals surface area (Å²) in [6.07, 6.45) is 2.71. The highest BCUT2D eigenvalue weighted by molar-refractivity contribution is 6.31. The van der Waals surface area contributed by atoms with Crippen molar-refractivity contribution in [3.8, 4) is 0 Å². The molecule has 0 aliphatic heterocycles. The lowest BCUT2D eigenvalue weighted by atomic mass is 10.1. The minimum absolute atomic E-state index is 0.266. The molecule has 0 bridgehead atoms. The summed E-state index contributed by atoms with van der Waals surface area (Å²) in [5, 5.41) is 0.266. The van der Waals surface area contributed by atoms with Gasteiger partial charge in [-0.15, -0.1) is 0 Å². The fourth-order valence-corrected chi connectivity index (χ4v) is 1.65. The molecule has 0 amide bonds. The second kappa shape index (κ2) is 5.32. The maximum Gasteiger partial charge on any atom is 0.144 e. The van der Waals surface area contributed by atoms with Gasteiger partial charge in [0.1, 0.15) is 5.82 Å². The predicted octanol–water partition coefficient (Wildman–Crippen LogP) is 3.07. The summed E-state index contributed by atoms with van der Waals surface area (Å²) < 4.78 is 13.3. The summed E-state index contributed by atoms with van der Waals surface area (Å²) in [7, 11) is 0. The Bertz CT molecular complexity index is 312. The standard InChI is InChI=1S/C11H15ClFN/c1-8-5-6-9(4-2-3-7-14)10(12)11(8)13/h5-6H,2-4,7,14H2,1H3. The van der Waals surface area contributed by atoms with E-state index in [0.717, 1.165) is 24.8 Å². The largest absolute Gasteiger partial charge is 0.330 e. The number of rotatable bonds is 4. The highest BCUT2D eigenvalue weighted by Gasteiger charge is 2.08. The van der Waals surface area contributed by atoms with Crippen molar-refractivity contribution in [3.63, 3.8) is 0 Å². The SMILES string of the molecule is Cc1ccc(CCCCN)c(Cl)c1F. The highest BCUT2D eigenvalue weighted by Crippen LogP contribution is 2.23. The third kappa shape index (κ3) is 2.69. The third-order valence-corrected chi connectivity index (χ3v) is 2.66. The quantitative estimate of drug-likeness (QED) is 0.768. The topological polar surface area (TPSA) is 26.0 Å². The van der Waals surface area contributed by atoms with Gasteiger partial charge in [-0.05, 0) is 43.9 Å². The molecule has 0 spiro atoms. The van der Waals surface area contributed by atoms with Crippen LogP contribution in [0.15, 0.2) is 12.1 Å². The van der Waals surface area contributed by atoms with Gasteiger partial charge in [0.2, 0.25) is 0 Å². The minimum atomic E-state index is -0.295. The second-order valence-electron chi connectivity index (χ2n) is 3.42. The molecule has 0 unspecified atom stereocenters. The second-order valence-corrected chi connectivity index (χ2v) is 3.79. The monoisotopic (exact) mass is 215 g/mol. The van der Waals surface area contributed by atoms with Crippen LogP contribution in [0.3, 0.4) is 0 Å². The van der Waals surface area contributed by atoms with E-state index in [4.69, 9.17) is 17.3 Å². The fraction of sp³-hybridized carbons (Fsp3) is 0.455. The lowest BCUT2D eigenvalue weighted by Crippen LogP contribution is -2.00. The molecule has 78 valence electrons. The first-order valence-corrected chi connectivity index (χ1v) is 5.18. The Morgan fingerprint density at radius 1 is 1.36 bits per heavy atom. The van der Waals surface area contributed by atoms with E-state index in [1.165, 1.54) is 0 Å². The zero-order valence-electron chi connectivity index (χ0n) is 8.32. The number of hydrogen-bond donors (Lipinski definition) is 1. The average Bonchev–Trinajstić information content (AvgIpc) is 2.18. The van der Waals surface area contributed by atoms with E-state index in [1.54, 1.807) is 13.0 Å². The first-order valence-electron chi connectivity index (χ1n) is 4.80. The Labute approximate surface area is 89.1 Å². The van der Waals surface area contributed by atoms with E-state index < -0.39 is 0 Å². The van der Waals surface area contributed by atoms with Crippen LogP contribution in [0.2, 0.25) is 5.02 Å². The fourth-order valence-electron chi connectivity index (χ4n) is 1.34. The molecule has 0 radical (unpaired) electrons. The zero-order chi connectivity index (χ0) is 10.6. The Balaban J connectivity index is 2.73. The third-order valence-electron chi connectivity index (χ3n) is 2.26. The molecule has 1 aromatic carbocycles. The first-order chi connectivity index (χ1) is 6.66. The molecule has 0 atom stereocenters. The van der Waals surface area contributed by atoms with Gasteiger partial charge in [-0.2, -0.15) is 0 Å². The Kier molecular flexibility index (Phi) is 4.36. The van der Waals surface area contributed by atoms with Crippen molar-refractivity contribution in [1.82, 2.24) is 0 Å². The molecule has 0 fully saturated rings. The first kappa shape index (κ1) is 11.5. The molecule has 0 saturated carbocycles. The minimum Gasteiger partial charge on any atom is -0.330 e. The van der Waals surface area contributed by atoms with Crippen LogP contribution in [0, 0.1) is 12.7 Å². The van der Waals surface area contributed by atoms with E-state index in [0.29, 0.717) is 12.1 Å². The number of halogens is 2. The maximum atomic E-state index is 13.3. The van der Waals surface area contributed by atoms with E-state index in [-0.39, 0.29) is 10.8 Å². The average molecular weight is 216 g/mol. The molecule has 0 aliphatic carbocycles. The van der Waals surface area contributed by atoms with E-state index in [1.807, 2.05) is 6.07 Å². The molecule has 1 nitrogen and oxygen atoms in total. The van der Waals surface area contributed by atoms with Crippen molar-refractivity contribution in [1.29, 1.82) is 0 Å². The smallest absolute Gasteiger partial charge is 0.144 e. The maximum absolute atomic E-state index is 13.3. The van der Waals surface area contributed by atoms with Gasteiger partial charge in [-0.25, -0.2) is 4.39 Å². The molecule has 0 saturated heterocycles. The van der Waals surface area contributed by atoms with E-state index in [9.17, 15) is 4.39 Å². The van der Waals surface area contributed by atoms with Crippen molar-refractivity contribution in [2.45, 2.75) is 26.2 Å². The summed E-state index contributed by atoms with van der Waals surface area (Å²) in [5.41, 5.74) is 6.85. The molecule has 0 heterocycles. The number of aryl methyl sites for hydroxylation is 2. The highest BCUT2D eigenvalue weighted by atomic mass is 35.5. The van der Waals surface area contributed by atoms with Gasteiger partial charge < -0.3 is 5.73 Å². The Morgan fingerprint density at radius 3 is 2.71 bits per heavy atom. The summed E-state index contributed by atoms with van der Waals surface area (Å²) in [5.74, 6) is -0.295. The van der Waals surface area contributed by atoms with E-state index in [2.05, 4.69) is 0 Å². The normalized spacial score (nSPS) is 10.6. The molecular weight excluding hydrogens is 201 g/mol. The summed E-state index contributed by atoms with van der Waals surface area (Å²) in [6, 6.07) is 3.65. The van der Waals surface area contributed by atoms with Crippen molar-refractivity contribution < 1.29 is 4.39 Å². The Morgan fingerprint density at radius 2 is 2.07 bits per heavy atom. The van der Waals surface area contributed by atoms with Gasteiger partial charge in [0.05, 0.1) is 5.02 Å². The lowest BCUT2D eigenvalue weighted by molar-refractivity contribution is 0.615. The molecule has 2 N–H and O–H groups in total. The molecule has 0 aliphatic rings. The van der Waals surface area contributed by atoms with Crippen LogP contribution in [0.4, 0.5) is 4.39 Å². The van der Waals surface area contributed by atoms with Crippen LogP contribution >= 0.6 is 11.6 Å². The molecule has 3 heteroatoms. The number of benzene rings is 1. The molecular formula is C11H15ClFN. The van der Waals surface area contributed by atoms with Crippen LogP contribution in [-0.4, -0.2) is 6.54 Å². The van der Waals surface area contributed by atoms with Crippen molar-refractivity contribution >= 4 is 11.6 Å². The van der Waals surface area contributed by atoms with Crippen LogP contribution in [0.25, 0.3) is 0 Å². The number of hydrogen-bond acceptors (Lipinski definition) is 1. The molecule has 1 aromatic rings. The number of nitrogens with two attached hydrogens (primary N) is 1. The predicted molar refractivity (Wildman–Crippen MR) is 58.1 cm³/mol. The van der Waals surface area contributed by atoms with E-state index >= 15 is 0 Å². The summed E-state index contributed by atoms with van der Waals surface area (Å²) in [6.45, 7) is 2.39. The lowest BCUT2D eigenvalue weighted by Gasteiger charge is -2.06. The van der Waals surface area contributed by atoms with Crippen molar-refractivity contribution in [3.05, 3.63) is 34.1 Å². The molecule has 1 rings (SSSR count). The van der Waals surface area contributed by atoms with Gasteiger partial charge >= 0.3 is 0 Å². The Hall–Kier alpha value is -0.600. The van der Waals surface area contributed by atoms with Crippen LogP contribution in [-0.2, 0) is 6.42 Å². The van der Waals surface area contributed by atoms with Gasteiger partial charge in [0.25, 0.3) is 0 Å². The van der Waals surface area contributed by atoms with Gasteiger partial charge in [0, 0.05) is 0 Å².